The van der Waals surface area contributed by atoms with Crippen LogP contribution in [0.25, 0.3) is 0 Å². The molecular formula is C19H15Cl2FN4O2. The highest BCUT2D eigenvalue weighted by molar-refractivity contribution is 6.39. The van der Waals surface area contributed by atoms with Crippen molar-refractivity contribution >= 4 is 40.7 Å². The van der Waals surface area contributed by atoms with Crippen LogP contribution in [0.1, 0.15) is 0 Å². The van der Waals surface area contributed by atoms with Crippen molar-refractivity contribution in [2.45, 2.75) is 0 Å². The quantitative estimate of drug-likeness (QED) is 0.620. The van der Waals surface area contributed by atoms with Crippen molar-refractivity contribution in [3.63, 3.8) is 0 Å². The second-order valence-electron chi connectivity index (χ2n) is 5.75. The number of para-hydroxylation sites is 1. The molecule has 0 atom stereocenters. The van der Waals surface area contributed by atoms with Crippen LogP contribution in [-0.4, -0.2) is 29.5 Å². The number of hydrogen-bond acceptors (Lipinski definition) is 5. The van der Waals surface area contributed by atoms with Gasteiger partial charge in [0.15, 0.2) is 0 Å². The molecule has 3 aromatic rings. The molecule has 0 unspecified atom stereocenters. The summed E-state index contributed by atoms with van der Waals surface area (Å²) in [5.74, 6) is 0.267. The van der Waals surface area contributed by atoms with E-state index in [1.165, 1.54) is 35.4 Å². The van der Waals surface area contributed by atoms with Crippen molar-refractivity contribution < 1.29 is 13.9 Å². The summed E-state index contributed by atoms with van der Waals surface area (Å²) in [7, 11) is 1.66. The number of rotatable bonds is 6. The molecule has 1 aromatic heterocycles. The van der Waals surface area contributed by atoms with Crippen LogP contribution in [0.2, 0.25) is 10.0 Å². The fourth-order valence-corrected chi connectivity index (χ4v) is 2.77. The summed E-state index contributed by atoms with van der Waals surface area (Å²) < 4.78 is 18.6. The zero-order valence-electron chi connectivity index (χ0n) is 14.7. The first-order chi connectivity index (χ1) is 13.4. The SMILES string of the molecule is CN(CC(=O)Nc1c(Cl)cccc1Cl)c1nccc(Oc2ccc(F)cc2)n1. The molecule has 1 heterocycles. The molecular weight excluding hydrogens is 406 g/mol. The minimum atomic E-state index is -0.361. The third-order valence-electron chi connectivity index (χ3n) is 3.60. The van der Waals surface area contributed by atoms with Gasteiger partial charge in [0.2, 0.25) is 17.7 Å². The van der Waals surface area contributed by atoms with E-state index in [0.29, 0.717) is 21.5 Å². The van der Waals surface area contributed by atoms with Crippen LogP contribution in [-0.2, 0) is 4.79 Å². The number of anilines is 2. The predicted molar refractivity (Wildman–Crippen MR) is 107 cm³/mol. The van der Waals surface area contributed by atoms with Crippen molar-refractivity contribution in [2.24, 2.45) is 0 Å². The maximum Gasteiger partial charge on any atom is 0.244 e. The minimum absolute atomic E-state index is 0.0401. The van der Waals surface area contributed by atoms with E-state index in [1.54, 1.807) is 31.3 Å². The van der Waals surface area contributed by atoms with Gasteiger partial charge in [-0.1, -0.05) is 29.3 Å². The third-order valence-corrected chi connectivity index (χ3v) is 4.23. The van der Waals surface area contributed by atoms with Crippen LogP contribution in [0.5, 0.6) is 11.6 Å². The molecule has 2 aromatic carbocycles. The number of benzene rings is 2. The molecule has 0 saturated heterocycles. The number of hydrogen-bond donors (Lipinski definition) is 1. The smallest absolute Gasteiger partial charge is 0.244 e. The standard InChI is InChI=1S/C19H15Cl2FN4O2/c1-26(11-16(27)24-18-14(20)3-2-4-15(18)21)19-23-10-9-17(25-19)28-13-7-5-12(22)6-8-13/h2-10H,11H2,1H3,(H,24,27). The number of aromatic nitrogens is 2. The number of carbonyl (C=O) groups excluding carboxylic acids is 1. The Labute approximate surface area is 170 Å². The summed E-state index contributed by atoms with van der Waals surface area (Å²) in [5.41, 5.74) is 0.346. The molecule has 6 nitrogen and oxygen atoms in total. The van der Waals surface area contributed by atoms with E-state index in [-0.39, 0.29) is 30.1 Å². The number of carbonyl (C=O) groups is 1. The Bertz CT molecular complexity index is 966. The molecule has 0 aliphatic carbocycles. The van der Waals surface area contributed by atoms with Crippen molar-refractivity contribution in [3.8, 4) is 11.6 Å². The fourth-order valence-electron chi connectivity index (χ4n) is 2.28. The summed E-state index contributed by atoms with van der Waals surface area (Å²) in [6.07, 6.45) is 1.50. The summed E-state index contributed by atoms with van der Waals surface area (Å²) in [6.45, 7) is -0.0401. The van der Waals surface area contributed by atoms with Gasteiger partial charge in [-0.15, -0.1) is 0 Å². The van der Waals surface area contributed by atoms with Gasteiger partial charge in [0.25, 0.3) is 0 Å². The average Bonchev–Trinajstić information content (AvgIpc) is 2.67. The van der Waals surface area contributed by atoms with Gasteiger partial charge in [0, 0.05) is 19.3 Å². The summed E-state index contributed by atoms with van der Waals surface area (Å²) in [4.78, 5) is 22.2. The van der Waals surface area contributed by atoms with E-state index >= 15 is 0 Å². The van der Waals surface area contributed by atoms with Gasteiger partial charge >= 0.3 is 0 Å². The minimum Gasteiger partial charge on any atom is -0.439 e. The van der Waals surface area contributed by atoms with Gasteiger partial charge in [-0.05, 0) is 36.4 Å². The van der Waals surface area contributed by atoms with Crippen molar-refractivity contribution in [2.75, 3.05) is 23.8 Å². The molecule has 0 bridgehead atoms. The molecule has 1 amide bonds. The Hall–Kier alpha value is -2.90. The molecule has 1 N–H and O–H groups in total. The lowest BCUT2D eigenvalue weighted by Crippen LogP contribution is -2.31. The van der Waals surface area contributed by atoms with Crippen LogP contribution < -0.4 is 15.0 Å². The van der Waals surface area contributed by atoms with E-state index in [0.717, 1.165) is 0 Å². The molecule has 28 heavy (non-hydrogen) atoms. The highest BCUT2D eigenvalue weighted by atomic mass is 35.5. The summed E-state index contributed by atoms with van der Waals surface area (Å²) >= 11 is 12.1. The molecule has 0 spiro atoms. The normalized spacial score (nSPS) is 10.4. The Morgan fingerprint density at radius 2 is 1.82 bits per heavy atom. The molecule has 0 saturated carbocycles. The second-order valence-corrected chi connectivity index (χ2v) is 6.57. The largest absolute Gasteiger partial charge is 0.439 e. The van der Waals surface area contributed by atoms with E-state index in [1.807, 2.05) is 0 Å². The number of amides is 1. The average molecular weight is 421 g/mol. The molecule has 3 rings (SSSR count). The van der Waals surface area contributed by atoms with Gasteiger partial charge in [0.1, 0.15) is 11.6 Å². The number of nitrogens with one attached hydrogen (secondary N) is 1. The molecule has 0 aliphatic rings. The van der Waals surface area contributed by atoms with Gasteiger partial charge in [-0.25, -0.2) is 9.37 Å². The zero-order valence-corrected chi connectivity index (χ0v) is 16.2. The number of nitrogens with zero attached hydrogens (tertiary/aromatic N) is 3. The Morgan fingerprint density at radius 3 is 2.50 bits per heavy atom. The van der Waals surface area contributed by atoms with Crippen molar-refractivity contribution in [1.29, 1.82) is 0 Å². The first kappa shape index (κ1) is 19.9. The maximum absolute atomic E-state index is 13.0. The Balaban J connectivity index is 1.66. The van der Waals surface area contributed by atoms with Gasteiger partial charge in [-0.2, -0.15) is 4.98 Å². The monoisotopic (exact) mass is 420 g/mol. The maximum atomic E-state index is 13.0. The molecule has 0 fully saturated rings. The Morgan fingerprint density at radius 1 is 1.14 bits per heavy atom. The first-order valence-corrected chi connectivity index (χ1v) is 8.89. The van der Waals surface area contributed by atoms with Crippen molar-refractivity contribution in [1.82, 2.24) is 9.97 Å². The highest BCUT2D eigenvalue weighted by Gasteiger charge is 2.14. The lowest BCUT2D eigenvalue weighted by atomic mass is 10.3. The first-order valence-electron chi connectivity index (χ1n) is 8.14. The summed E-state index contributed by atoms with van der Waals surface area (Å²) in [5, 5.41) is 3.36. The van der Waals surface area contributed by atoms with Crippen LogP contribution >= 0.6 is 23.2 Å². The Kier molecular flexibility index (Phi) is 6.28. The van der Waals surface area contributed by atoms with E-state index in [2.05, 4.69) is 15.3 Å². The molecule has 0 aliphatic heterocycles. The molecule has 144 valence electrons. The second kappa shape index (κ2) is 8.86. The van der Waals surface area contributed by atoms with Crippen LogP contribution in [0, 0.1) is 5.82 Å². The van der Waals surface area contributed by atoms with E-state index < -0.39 is 0 Å². The van der Waals surface area contributed by atoms with E-state index in [9.17, 15) is 9.18 Å². The predicted octanol–water partition coefficient (Wildman–Crippen LogP) is 4.79. The molecule has 9 heteroatoms. The van der Waals surface area contributed by atoms with Crippen LogP contribution in [0.4, 0.5) is 16.0 Å². The summed E-state index contributed by atoms with van der Waals surface area (Å²) in [6, 6.07) is 12.1. The zero-order chi connectivity index (χ0) is 20.1. The fraction of sp³-hybridized carbons (Fsp3) is 0.105. The van der Waals surface area contributed by atoms with Gasteiger partial charge in [0.05, 0.1) is 22.3 Å². The number of likely N-dealkylation sites (N-methyl/N-ethyl adjacent to an activating group) is 1. The molecule has 0 radical (unpaired) electrons. The van der Waals surface area contributed by atoms with E-state index in [4.69, 9.17) is 27.9 Å². The topological polar surface area (TPSA) is 67.4 Å². The van der Waals surface area contributed by atoms with Gasteiger partial charge in [-0.3, -0.25) is 4.79 Å². The number of halogens is 3. The van der Waals surface area contributed by atoms with Crippen molar-refractivity contribution in [3.05, 3.63) is 70.6 Å². The number of ether oxygens (including phenoxy) is 1. The van der Waals surface area contributed by atoms with Gasteiger partial charge < -0.3 is 15.0 Å². The van der Waals surface area contributed by atoms with Crippen LogP contribution in [0.3, 0.4) is 0 Å². The lowest BCUT2D eigenvalue weighted by Gasteiger charge is -2.17. The lowest BCUT2D eigenvalue weighted by molar-refractivity contribution is -0.114. The highest BCUT2D eigenvalue weighted by Crippen LogP contribution is 2.29. The third kappa shape index (κ3) is 5.09. The van der Waals surface area contributed by atoms with Crippen LogP contribution in [0.15, 0.2) is 54.7 Å².